The standard InChI is InChI=1S/C12H19N3/c13-10-12(4-1-5-12)15-8-6-14(7-9-15)11-2-3-11/h11H,1-9H2. The first kappa shape index (κ1) is 9.62. The molecule has 2 saturated carbocycles. The Morgan fingerprint density at radius 1 is 1.07 bits per heavy atom. The molecule has 15 heavy (non-hydrogen) atoms. The molecule has 0 unspecified atom stereocenters. The summed E-state index contributed by atoms with van der Waals surface area (Å²) in [6.07, 6.45) is 6.27. The van der Waals surface area contributed by atoms with Crippen LogP contribution in [0.5, 0.6) is 0 Å². The minimum atomic E-state index is -0.0599. The van der Waals surface area contributed by atoms with Gasteiger partial charge in [-0.3, -0.25) is 9.80 Å². The van der Waals surface area contributed by atoms with Crippen LogP contribution in [-0.4, -0.2) is 47.6 Å². The lowest BCUT2D eigenvalue weighted by Crippen LogP contribution is -2.59. The van der Waals surface area contributed by atoms with Gasteiger partial charge in [0.25, 0.3) is 0 Å². The van der Waals surface area contributed by atoms with E-state index in [1.807, 2.05) is 0 Å². The Morgan fingerprint density at radius 3 is 2.13 bits per heavy atom. The van der Waals surface area contributed by atoms with E-state index < -0.39 is 0 Å². The van der Waals surface area contributed by atoms with E-state index in [4.69, 9.17) is 0 Å². The first-order valence-electron chi connectivity index (χ1n) is 6.24. The number of piperazine rings is 1. The third-order valence-corrected chi connectivity index (χ3v) is 4.37. The molecule has 2 aliphatic carbocycles. The molecule has 0 amide bonds. The Kier molecular flexibility index (Phi) is 2.22. The summed E-state index contributed by atoms with van der Waals surface area (Å²) in [5.74, 6) is 0. The van der Waals surface area contributed by atoms with Gasteiger partial charge >= 0.3 is 0 Å². The van der Waals surface area contributed by atoms with Crippen molar-refractivity contribution in [3.05, 3.63) is 0 Å². The summed E-state index contributed by atoms with van der Waals surface area (Å²) in [7, 11) is 0. The van der Waals surface area contributed by atoms with Crippen LogP contribution in [0, 0.1) is 11.3 Å². The maximum atomic E-state index is 9.27. The van der Waals surface area contributed by atoms with E-state index in [0.29, 0.717) is 0 Å². The summed E-state index contributed by atoms with van der Waals surface area (Å²) in [5, 5.41) is 9.27. The van der Waals surface area contributed by atoms with Crippen molar-refractivity contribution in [1.29, 1.82) is 5.26 Å². The normalized spacial score (nSPS) is 31.9. The zero-order valence-corrected chi connectivity index (χ0v) is 9.28. The molecule has 1 saturated heterocycles. The van der Waals surface area contributed by atoms with E-state index in [-0.39, 0.29) is 5.54 Å². The van der Waals surface area contributed by atoms with Gasteiger partial charge in [-0.25, -0.2) is 0 Å². The molecule has 1 heterocycles. The molecule has 3 fully saturated rings. The van der Waals surface area contributed by atoms with Gasteiger partial charge in [0.2, 0.25) is 0 Å². The quantitative estimate of drug-likeness (QED) is 0.679. The number of hydrogen-bond donors (Lipinski definition) is 0. The lowest BCUT2D eigenvalue weighted by molar-refractivity contribution is 0.0167. The van der Waals surface area contributed by atoms with Gasteiger partial charge in [-0.05, 0) is 32.1 Å². The van der Waals surface area contributed by atoms with Crippen LogP contribution in [0.2, 0.25) is 0 Å². The van der Waals surface area contributed by atoms with Gasteiger partial charge in [0.1, 0.15) is 5.54 Å². The van der Waals surface area contributed by atoms with E-state index >= 15 is 0 Å². The number of nitrogens with zero attached hydrogens (tertiary/aromatic N) is 3. The molecular formula is C12H19N3. The van der Waals surface area contributed by atoms with Crippen molar-refractivity contribution in [3.63, 3.8) is 0 Å². The molecule has 0 aromatic carbocycles. The Balaban J connectivity index is 1.59. The third kappa shape index (κ3) is 1.56. The van der Waals surface area contributed by atoms with Crippen LogP contribution in [-0.2, 0) is 0 Å². The molecule has 0 aromatic rings. The molecule has 0 atom stereocenters. The second-order valence-corrected chi connectivity index (χ2v) is 5.25. The van der Waals surface area contributed by atoms with E-state index in [1.54, 1.807) is 0 Å². The largest absolute Gasteiger partial charge is 0.298 e. The van der Waals surface area contributed by atoms with Crippen LogP contribution in [0.25, 0.3) is 0 Å². The highest BCUT2D eigenvalue weighted by molar-refractivity contribution is 5.14. The fraction of sp³-hybridized carbons (Fsp3) is 0.917. The first-order valence-corrected chi connectivity index (χ1v) is 6.24. The van der Waals surface area contributed by atoms with Crippen molar-refractivity contribution in [3.8, 4) is 6.07 Å². The highest BCUT2D eigenvalue weighted by Crippen LogP contribution is 2.38. The number of hydrogen-bond acceptors (Lipinski definition) is 3. The highest BCUT2D eigenvalue weighted by atomic mass is 15.3. The first-order chi connectivity index (χ1) is 7.34. The van der Waals surface area contributed by atoms with Crippen molar-refractivity contribution in [2.75, 3.05) is 26.2 Å². The summed E-state index contributed by atoms with van der Waals surface area (Å²) < 4.78 is 0. The minimum absolute atomic E-state index is 0.0599. The van der Waals surface area contributed by atoms with E-state index in [0.717, 1.165) is 32.0 Å². The average molecular weight is 205 g/mol. The van der Waals surface area contributed by atoms with E-state index in [9.17, 15) is 5.26 Å². The molecule has 3 heteroatoms. The van der Waals surface area contributed by atoms with Crippen LogP contribution in [0.4, 0.5) is 0 Å². The van der Waals surface area contributed by atoms with Crippen LogP contribution in [0.3, 0.4) is 0 Å². The summed E-state index contributed by atoms with van der Waals surface area (Å²) >= 11 is 0. The molecule has 0 radical (unpaired) electrons. The molecule has 3 aliphatic rings. The van der Waals surface area contributed by atoms with Crippen LogP contribution in [0.1, 0.15) is 32.1 Å². The Bertz CT molecular complexity index is 278. The Morgan fingerprint density at radius 2 is 1.73 bits per heavy atom. The van der Waals surface area contributed by atoms with Crippen LogP contribution in [0.15, 0.2) is 0 Å². The minimum Gasteiger partial charge on any atom is -0.298 e. The molecule has 0 spiro atoms. The van der Waals surface area contributed by atoms with Gasteiger partial charge in [-0.1, -0.05) is 0 Å². The van der Waals surface area contributed by atoms with Crippen molar-refractivity contribution >= 4 is 0 Å². The molecule has 82 valence electrons. The maximum Gasteiger partial charge on any atom is 0.109 e. The predicted molar refractivity (Wildman–Crippen MR) is 58.4 cm³/mol. The van der Waals surface area contributed by atoms with Gasteiger partial charge in [0.15, 0.2) is 0 Å². The molecule has 1 aliphatic heterocycles. The van der Waals surface area contributed by atoms with Crippen molar-refractivity contribution < 1.29 is 0 Å². The predicted octanol–water partition coefficient (Wildman–Crippen LogP) is 1.21. The zero-order valence-electron chi connectivity index (χ0n) is 9.28. The van der Waals surface area contributed by atoms with Gasteiger partial charge in [-0.2, -0.15) is 5.26 Å². The van der Waals surface area contributed by atoms with Crippen LogP contribution < -0.4 is 0 Å². The summed E-state index contributed by atoms with van der Waals surface area (Å²) in [4.78, 5) is 5.05. The molecule has 3 nitrogen and oxygen atoms in total. The SMILES string of the molecule is N#CC1(N2CCN(C3CC3)CC2)CCC1. The maximum absolute atomic E-state index is 9.27. The van der Waals surface area contributed by atoms with Gasteiger partial charge in [0.05, 0.1) is 6.07 Å². The van der Waals surface area contributed by atoms with Crippen LogP contribution >= 0.6 is 0 Å². The average Bonchev–Trinajstić information content (AvgIpc) is 3.01. The zero-order chi connectivity index (χ0) is 10.3. The summed E-state index contributed by atoms with van der Waals surface area (Å²) in [6.45, 7) is 4.61. The topological polar surface area (TPSA) is 30.3 Å². The molecule has 0 bridgehead atoms. The van der Waals surface area contributed by atoms with Crippen molar-refractivity contribution in [1.82, 2.24) is 9.80 Å². The molecule has 0 N–H and O–H groups in total. The molecule has 0 aromatic heterocycles. The van der Waals surface area contributed by atoms with E-state index in [2.05, 4.69) is 15.9 Å². The van der Waals surface area contributed by atoms with Gasteiger partial charge in [0, 0.05) is 32.2 Å². The van der Waals surface area contributed by atoms with Gasteiger partial charge in [-0.15, -0.1) is 0 Å². The summed E-state index contributed by atoms with van der Waals surface area (Å²) in [6, 6.07) is 3.45. The van der Waals surface area contributed by atoms with Crippen molar-refractivity contribution in [2.24, 2.45) is 0 Å². The molecule has 3 rings (SSSR count). The third-order valence-electron chi connectivity index (χ3n) is 4.37. The lowest BCUT2D eigenvalue weighted by Gasteiger charge is -2.48. The number of nitriles is 1. The fourth-order valence-electron chi connectivity index (χ4n) is 2.97. The van der Waals surface area contributed by atoms with Crippen molar-refractivity contribution in [2.45, 2.75) is 43.7 Å². The number of rotatable bonds is 2. The monoisotopic (exact) mass is 205 g/mol. The van der Waals surface area contributed by atoms with Gasteiger partial charge < -0.3 is 0 Å². The molecular weight excluding hydrogens is 186 g/mol. The Hall–Kier alpha value is -0.590. The summed E-state index contributed by atoms with van der Waals surface area (Å²) in [5.41, 5.74) is -0.0599. The highest BCUT2D eigenvalue weighted by Gasteiger charge is 2.44. The second-order valence-electron chi connectivity index (χ2n) is 5.25. The lowest BCUT2D eigenvalue weighted by atomic mass is 9.76. The second kappa shape index (κ2) is 3.47. The smallest absolute Gasteiger partial charge is 0.109 e. The fourth-order valence-corrected chi connectivity index (χ4v) is 2.97. The van der Waals surface area contributed by atoms with E-state index in [1.165, 1.54) is 32.4 Å². The Labute approximate surface area is 91.6 Å².